The normalized spacial score (nSPS) is 11.2. The molecule has 0 atom stereocenters. The zero-order valence-electron chi connectivity index (χ0n) is 10.5. The molecule has 0 aliphatic rings. The Morgan fingerprint density at radius 3 is 2.95 bits per heavy atom. The second-order valence-corrected chi connectivity index (χ2v) is 5.49. The minimum atomic E-state index is 0.690. The van der Waals surface area contributed by atoms with E-state index in [1.807, 2.05) is 18.2 Å². The number of benzene rings is 1. The highest BCUT2D eigenvalue weighted by atomic mass is 32.1. The minimum absolute atomic E-state index is 0.690. The number of H-pyrrole nitrogens is 1. The zero-order chi connectivity index (χ0) is 13.4. The van der Waals surface area contributed by atoms with Crippen LogP contribution >= 0.6 is 11.3 Å². The molecule has 3 aromatic heterocycles. The molecule has 4 rings (SSSR count). The lowest BCUT2D eigenvalue weighted by atomic mass is 10.0. The van der Waals surface area contributed by atoms with Crippen molar-refractivity contribution in [2.75, 3.05) is 0 Å². The number of hydrogen-bond donors (Lipinski definition) is 1. The molecule has 0 saturated heterocycles. The van der Waals surface area contributed by atoms with Crippen LogP contribution in [0.25, 0.3) is 21.3 Å². The molecule has 4 nitrogen and oxygen atoms in total. The number of rotatable bonds is 3. The molecule has 0 unspecified atom stereocenters. The van der Waals surface area contributed by atoms with Gasteiger partial charge >= 0.3 is 0 Å². The third-order valence-electron chi connectivity index (χ3n) is 3.29. The van der Waals surface area contributed by atoms with Crippen molar-refractivity contribution in [2.24, 2.45) is 0 Å². The van der Waals surface area contributed by atoms with Crippen LogP contribution in [0.1, 0.15) is 11.4 Å². The summed E-state index contributed by atoms with van der Waals surface area (Å²) in [5.74, 6) is 0. The molecule has 0 saturated carbocycles. The molecule has 20 heavy (non-hydrogen) atoms. The molecule has 1 N–H and O–H groups in total. The average Bonchev–Trinajstić information content (AvgIpc) is 3.20. The van der Waals surface area contributed by atoms with Crippen molar-refractivity contribution in [2.45, 2.75) is 6.42 Å². The highest BCUT2D eigenvalue weighted by molar-refractivity contribution is 7.13. The molecule has 4 aromatic rings. The minimum Gasteiger partial charge on any atom is -0.364 e. The maximum Gasteiger partial charge on any atom is 0.124 e. The van der Waals surface area contributed by atoms with E-state index in [9.17, 15) is 0 Å². The Bertz CT molecular complexity index is 831. The van der Waals surface area contributed by atoms with Crippen molar-refractivity contribution in [1.29, 1.82) is 0 Å². The first-order valence-electron chi connectivity index (χ1n) is 6.31. The van der Waals surface area contributed by atoms with Crippen LogP contribution in [-0.4, -0.2) is 15.4 Å². The molecule has 0 amide bonds. The zero-order valence-corrected chi connectivity index (χ0v) is 11.4. The van der Waals surface area contributed by atoms with E-state index in [1.54, 1.807) is 17.6 Å². The molecule has 0 aliphatic heterocycles. The summed E-state index contributed by atoms with van der Waals surface area (Å²) in [4.78, 5) is 1.25. The van der Waals surface area contributed by atoms with Gasteiger partial charge in [0, 0.05) is 34.0 Å². The highest BCUT2D eigenvalue weighted by Crippen LogP contribution is 2.33. The molecular formula is C15H11N3OS. The Morgan fingerprint density at radius 2 is 2.15 bits per heavy atom. The Labute approximate surface area is 119 Å². The van der Waals surface area contributed by atoms with Gasteiger partial charge in [0.15, 0.2) is 0 Å². The Morgan fingerprint density at radius 1 is 1.15 bits per heavy atom. The van der Waals surface area contributed by atoms with Crippen LogP contribution in [0.3, 0.4) is 0 Å². The van der Waals surface area contributed by atoms with Gasteiger partial charge in [-0.2, -0.15) is 5.10 Å². The summed E-state index contributed by atoms with van der Waals surface area (Å²) in [7, 11) is 0. The number of hydrogen-bond acceptors (Lipinski definition) is 4. The molecule has 98 valence electrons. The van der Waals surface area contributed by atoms with E-state index in [4.69, 9.17) is 4.52 Å². The first kappa shape index (κ1) is 11.4. The lowest BCUT2D eigenvalue weighted by molar-refractivity contribution is 0.413. The van der Waals surface area contributed by atoms with Gasteiger partial charge in [0.1, 0.15) is 6.26 Å². The monoisotopic (exact) mass is 281 g/mol. The lowest BCUT2D eigenvalue weighted by Crippen LogP contribution is -1.90. The summed E-state index contributed by atoms with van der Waals surface area (Å²) in [6.45, 7) is 0. The SMILES string of the molecule is c1csc(-c2cccc3n[nH]c(Cc4ccon4)c23)c1. The Kier molecular flexibility index (Phi) is 2.63. The van der Waals surface area contributed by atoms with E-state index in [2.05, 4.69) is 38.9 Å². The molecule has 0 radical (unpaired) electrons. The van der Waals surface area contributed by atoms with E-state index in [1.165, 1.54) is 10.4 Å². The predicted octanol–water partition coefficient (Wildman–Crippen LogP) is 3.87. The number of thiophene rings is 1. The maximum absolute atomic E-state index is 4.90. The summed E-state index contributed by atoms with van der Waals surface area (Å²) < 4.78 is 4.90. The summed E-state index contributed by atoms with van der Waals surface area (Å²) in [5.41, 5.74) is 4.16. The van der Waals surface area contributed by atoms with Gasteiger partial charge in [0.2, 0.25) is 0 Å². The van der Waals surface area contributed by atoms with Crippen molar-refractivity contribution >= 4 is 22.2 Å². The highest BCUT2D eigenvalue weighted by Gasteiger charge is 2.13. The second kappa shape index (κ2) is 4.61. The van der Waals surface area contributed by atoms with Gasteiger partial charge in [-0.15, -0.1) is 11.3 Å². The fraction of sp³-hybridized carbons (Fsp3) is 0.0667. The first-order valence-corrected chi connectivity index (χ1v) is 7.19. The quantitative estimate of drug-likeness (QED) is 0.620. The van der Waals surface area contributed by atoms with E-state index in [0.717, 1.165) is 22.3 Å². The van der Waals surface area contributed by atoms with Gasteiger partial charge in [-0.25, -0.2) is 0 Å². The van der Waals surface area contributed by atoms with E-state index < -0.39 is 0 Å². The van der Waals surface area contributed by atoms with E-state index in [-0.39, 0.29) is 0 Å². The molecular weight excluding hydrogens is 270 g/mol. The van der Waals surface area contributed by atoms with E-state index in [0.29, 0.717) is 6.42 Å². The molecule has 3 heterocycles. The second-order valence-electron chi connectivity index (χ2n) is 4.55. The van der Waals surface area contributed by atoms with Crippen LogP contribution in [0.5, 0.6) is 0 Å². The number of aromatic amines is 1. The van der Waals surface area contributed by atoms with Crippen LogP contribution < -0.4 is 0 Å². The summed E-state index contributed by atoms with van der Waals surface area (Å²) >= 11 is 1.74. The molecule has 0 spiro atoms. The van der Waals surface area contributed by atoms with Crippen LogP contribution in [0, 0.1) is 0 Å². The molecule has 0 bridgehead atoms. The standard InChI is InChI=1S/C15H11N3OS/c1-3-11(14-5-2-8-20-14)15-12(4-1)16-17-13(15)9-10-6-7-19-18-10/h1-8H,9H2,(H,16,17). The molecule has 5 heteroatoms. The summed E-state index contributed by atoms with van der Waals surface area (Å²) in [6.07, 6.45) is 2.28. The topological polar surface area (TPSA) is 54.7 Å². The molecule has 0 aliphatic carbocycles. The number of nitrogens with one attached hydrogen (secondary N) is 1. The van der Waals surface area contributed by atoms with Crippen LogP contribution in [0.15, 0.2) is 52.6 Å². The van der Waals surface area contributed by atoms with Crippen molar-refractivity contribution in [3.8, 4) is 10.4 Å². The van der Waals surface area contributed by atoms with Crippen LogP contribution in [-0.2, 0) is 6.42 Å². The van der Waals surface area contributed by atoms with Gasteiger partial charge < -0.3 is 4.52 Å². The molecule has 0 fully saturated rings. The lowest BCUT2D eigenvalue weighted by Gasteiger charge is -2.02. The van der Waals surface area contributed by atoms with Gasteiger partial charge in [-0.1, -0.05) is 23.4 Å². The predicted molar refractivity (Wildman–Crippen MR) is 78.7 cm³/mol. The summed E-state index contributed by atoms with van der Waals surface area (Å²) in [5, 5.41) is 14.7. The molecule has 1 aromatic carbocycles. The van der Waals surface area contributed by atoms with Crippen LogP contribution in [0.4, 0.5) is 0 Å². The van der Waals surface area contributed by atoms with Gasteiger partial charge in [-0.05, 0) is 17.5 Å². The summed E-state index contributed by atoms with van der Waals surface area (Å²) in [6, 6.07) is 12.3. The number of fused-ring (bicyclic) bond motifs is 1. The Balaban J connectivity index is 1.90. The van der Waals surface area contributed by atoms with Crippen molar-refractivity contribution in [3.63, 3.8) is 0 Å². The average molecular weight is 281 g/mol. The van der Waals surface area contributed by atoms with Gasteiger partial charge in [-0.3, -0.25) is 5.10 Å². The fourth-order valence-electron chi connectivity index (χ4n) is 2.41. The Hall–Kier alpha value is -2.40. The van der Waals surface area contributed by atoms with Crippen molar-refractivity contribution in [1.82, 2.24) is 15.4 Å². The number of nitrogens with zero attached hydrogens (tertiary/aromatic N) is 2. The number of aromatic nitrogens is 3. The largest absolute Gasteiger partial charge is 0.364 e. The van der Waals surface area contributed by atoms with Crippen molar-refractivity contribution < 1.29 is 4.52 Å². The van der Waals surface area contributed by atoms with E-state index >= 15 is 0 Å². The van der Waals surface area contributed by atoms with Crippen LogP contribution in [0.2, 0.25) is 0 Å². The van der Waals surface area contributed by atoms with Gasteiger partial charge in [0.05, 0.1) is 11.2 Å². The first-order chi connectivity index (χ1) is 9.92. The smallest absolute Gasteiger partial charge is 0.124 e. The third kappa shape index (κ3) is 1.83. The van der Waals surface area contributed by atoms with Gasteiger partial charge in [0.25, 0.3) is 0 Å². The third-order valence-corrected chi connectivity index (χ3v) is 4.19. The fourth-order valence-corrected chi connectivity index (χ4v) is 3.17. The maximum atomic E-state index is 4.90. The van der Waals surface area contributed by atoms with Crippen molar-refractivity contribution in [3.05, 3.63) is 59.4 Å².